The van der Waals surface area contributed by atoms with Crippen LogP contribution >= 0.6 is 11.3 Å². The monoisotopic (exact) mass is 464 g/mol. The second-order valence-corrected chi connectivity index (χ2v) is 8.11. The van der Waals surface area contributed by atoms with Gasteiger partial charge in [0.1, 0.15) is 4.88 Å². The van der Waals surface area contributed by atoms with Crippen molar-refractivity contribution in [2.75, 3.05) is 11.4 Å². The van der Waals surface area contributed by atoms with Crippen LogP contribution in [0.2, 0.25) is 0 Å². The summed E-state index contributed by atoms with van der Waals surface area (Å²) in [5.74, 6) is -2.48. The number of amides is 2. The SMILES string of the molecule is O=C1NC[C@H](c2ccc(-c3csc(C(F)(F)F)c3)c(F)c2F)N1c1ccc2[nH]cnc2c1. The Morgan fingerprint density at radius 3 is 2.66 bits per heavy atom. The van der Waals surface area contributed by atoms with E-state index in [-0.39, 0.29) is 23.2 Å². The number of fused-ring (bicyclic) bond motifs is 1. The van der Waals surface area contributed by atoms with Gasteiger partial charge in [-0.1, -0.05) is 12.1 Å². The van der Waals surface area contributed by atoms with E-state index in [9.17, 15) is 22.4 Å². The molecule has 0 spiro atoms. The van der Waals surface area contributed by atoms with Gasteiger partial charge in [0, 0.05) is 23.4 Å². The third-order valence-corrected chi connectivity index (χ3v) is 6.30. The number of hydrogen-bond donors (Lipinski definition) is 2. The summed E-state index contributed by atoms with van der Waals surface area (Å²) >= 11 is 0.409. The zero-order valence-corrected chi connectivity index (χ0v) is 16.8. The Hall–Kier alpha value is -3.47. The van der Waals surface area contributed by atoms with Crippen LogP contribution in [0.4, 0.5) is 32.4 Å². The largest absolute Gasteiger partial charge is 0.425 e. The Morgan fingerprint density at radius 1 is 1.09 bits per heavy atom. The van der Waals surface area contributed by atoms with E-state index in [1.165, 1.54) is 23.4 Å². The van der Waals surface area contributed by atoms with Gasteiger partial charge in [0.25, 0.3) is 0 Å². The lowest BCUT2D eigenvalue weighted by molar-refractivity contribution is -0.134. The van der Waals surface area contributed by atoms with Gasteiger partial charge in [-0.2, -0.15) is 13.2 Å². The molecule has 5 rings (SSSR count). The molecule has 0 radical (unpaired) electrons. The van der Waals surface area contributed by atoms with Crippen molar-refractivity contribution in [3.63, 3.8) is 0 Å². The number of carbonyl (C=O) groups excluding carboxylic acids is 1. The van der Waals surface area contributed by atoms with Gasteiger partial charge in [-0.3, -0.25) is 4.90 Å². The van der Waals surface area contributed by atoms with Crippen molar-refractivity contribution >= 4 is 34.1 Å². The van der Waals surface area contributed by atoms with Crippen LogP contribution in [0.3, 0.4) is 0 Å². The Balaban J connectivity index is 1.53. The number of aromatic nitrogens is 2. The van der Waals surface area contributed by atoms with E-state index in [2.05, 4.69) is 15.3 Å². The molecule has 0 unspecified atom stereocenters. The summed E-state index contributed by atoms with van der Waals surface area (Å²) in [6.45, 7) is 0.0316. The number of anilines is 1. The van der Waals surface area contributed by atoms with Crippen LogP contribution in [-0.2, 0) is 6.18 Å². The second kappa shape index (κ2) is 7.30. The minimum atomic E-state index is -4.57. The topological polar surface area (TPSA) is 61.0 Å². The molecule has 1 atom stereocenters. The number of hydrogen-bond acceptors (Lipinski definition) is 3. The molecule has 2 aromatic heterocycles. The molecule has 2 amide bonds. The van der Waals surface area contributed by atoms with E-state index in [0.717, 1.165) is 17.0 Å². The van der Waals surface area contributed by atoms with E-state index < -0.39 is 34.8 Å². The lowest BCUT2D eigenvalue weighted by Gasteiger charge is -2.24. The molecule has 1 aliphatic heterocycles. The summed E-state index contributed by atoms with van der Waals surface area (Å²) in [6.07, 6.45) is -3.07. The first-order valence-electron chi connectivity index (χ1n) is 9.38. The van der Waals surface area contributed by atoms with Crippen molar-refractivity contribution in [3.8, 4) is 11.1 Å². The number of halogens is 5. The third-order valence-electron chi connectivity index (χ3n) is 5.32. The number of urea groups is 1. The van der Waals surface area contributed by atoms with Crippen molar-refractivity contribution in [1.82, 2.24) is 15.3 Å². The summed E-state index contributed by atoms with van der Waals surface area (Å²) in [5.41, 5.74) is 1.37. The number of nitrogens with one attached hydrogen (secondary N) is 2. The Labute approximate surface area is 181 Å². The first-order chi connectivity index (χ1) is 15.2. The zero-order valence-electron chi connectivity index (χ0n) is 16.0. The number of carbonyl (C=O) groups is 1. The van der Waals surface area contributed by atoms with Crippen molar-refractivity contribution < 1.29 is 26.7 Å². The van der Waals surface area contributed by atoms with Crippen LogP contribution in [0.1, 0.15) is 16.5 Å². The predicted octanol–water partition coefficient (Wildman–Crippen LogP) is 5.86. The van der Waals surface area contributed by atoms with Gasteiger partial charge in [0.05, 0.1) is 23.4 Å². The molecular weight excluding hydrogens is 451 g/mol. The highest BCUT2D eigenvalue weighted by Gasteiger charge is 2.37. The van der Waals surface area contributed by atoms with Crippen LogP contribution in [0.25, 0.3) is 22.2 Å². The lowest BCUT2D eigenvalue weighted by atomic mass is 9.99. The van der Waals surface area contributed by atoms with E-state index >= 15 is 4.39 Å². The fourth-order valence-electron chi connectivity index (χ4n) is 3.79. The van der Waals surface area contributed by atoms with Crippen LogP contribution in [0.5, 0.6) is 0 Å². The average Bonchev–Trinajstić information content (AvgIpc) is 3.48. The molecule has 0 aliphatic carbocycles. The normalized spacial score (nSPS) is 16.7. The second-order valence-electron chi connectivity index (χ2n) is 7.20. The minimum Gasteiger partial charge on any atom is -0.345 e. The molecule has 2 N–H and O–H groups in total. The van der Waals surface area contributed by atoms with Crippen molar-refractivity contribution in [2.45, 2.75) is 12.2 Å². The third kappa shape index (κ3) is 3.29. The van der Waals surface area contributed by atoms with E-state index in [0.29, 0.717) is 22.5 Å². The van der Waals surface area contributed by atoms with Gasteiger partial charge in [-0.05, 0) is 35.2 Å². The molecule has 5 nitrogen and oxygen atoms in total. The summed E-state index contributed by atoms with van der Waals surface area (Å²) in [7, 11) is 0. The molecule has 2 aromatic carbocycles. The highest BCUT2D eigenvalue weighted by atomic mass is 32.1. The maximum atomic E-state index is 15.1. The molecule has 1 fully saturated rings. The molecule has 11 heteroatoms. The number of aromatic amines is 1. The van der Waals surface area contributed by atoms with E-state index in [1.807, 2.05) is 0 Å². The van der Waals surface area contributed by atoms with Gasteiger partial charge in [0.2, 0.25) is 0 Å². The smallest absolute Gasteiger partial charge is 0.345 e. The number of imidazole rings is 1. The van der Waals surface area contributed by atoms with Crippen LogP contribution in [0, 0.1) is 11.6 Å². The summed E-state index contributed by atoms with van der Waals surface area (Å²) in [5, 5.41) is 3.75. The Bertz CT molecular complexity index is 1350. The van der Waals surface area contributed by atoms with Gasteiger partial charge in [-0.15, -0.1) is 11.3 Å². The predicted molar refractivity (Wildman–Crippen MR) is 109 cm³/mol. The minimum absolute atomic E-state index is 0.0316. The summed E-state index contributed by atoms with van der Waals surface area (Å²) in [4.78, 5) is 20.0. The van der Waals surface area contributed by atoms with Crippen molar-refractivity contribution in [1.29, 1.82) is 0 Å². The standard InChI is InChI=1S/C21H13F5N4OS/c22-18-12(10-5-17(32-8-10)21(24,25)26)2-3-13(19(18)23)16-7-27-20(31)30(16)11-1-4-14-15(6-11)29-9-28-14/h1-6,8-9,16H,7H2,(H,27,31)(H,28,29)/t16-/m1/s1. The van der Waals surface area contributed by atoms with Crippen molar-refractivity contribution in [3.05, 3.63) is 70.2 Å². The van der Waals surface area contributed by atoms with E-state index in [4.69, 9.17) is 0 Å². The van der Waals surface area contributed by atoms with Gasteiger partial charge in [-0.25, -0.2) is 18.6 Å². The van der Waals surface area contributed by atoms with Crippen LogP contribution in [0.15, 0.2) is 48.1 Å². The number of rotatable bonds is 3. The lowest BCUT2D eigenvalue weighted by Crippen LogP contribution is -2.30. The van der Waals surface area contributed by atoms with Crippen LogP contribution < -0.4 is 10.2 Å². The highest BCUT2D eigenvalue weighted by Crippen LogP contribution is 2.40. The maximum absolute atomic E-state index is 15.1. The number of benzene rings is 2. The number of alkyl halides is 3. The average molecular weight is 464 g/mol. The molecule has 3 heterocycles. The highest BCUT2D eigenvalue weighted by molar-refractivity contribution is 7.10. The van der Waals surface area contributed by atoms with Gasteiger partial charge < -0.3 is 10.3 Å². The fraction of sp³-hybridized carbons (Fsp3) is 0.143. The van der Waals surface area contributed by atoms with Gasteiger partial charge >= 0.3 is 12.2 Å². The molecule has 164 valence electrons. The molecule has 1 saturated heterocycles. The Morgan fingerprint density at radius 2 is 1.91 bits per heavy atom. The molecule has 4 aromatic rings. The summed E-state index contributed by atoms with van der Waals surface area (Å²) in [6, 6.07) is 7.00. The van der Waals surface area contributed by atoms with E-state index in [1.54, 1.807) is 18.2 Å². The molecule has 32 heavy (non-hydrogen) atoms. The summed E-state index contributed by atoms with van der Waals surface area (Å²) < 4.78 is 68.6. The number of thiophene rings is 1. The number of H-pyrrole nitrogens is 1. The van der Waals surface area contributed by atoms with Crippen molar-refractivity contribution in [2.24, 2.45) is 0 Å². The Kier molecular flexibility index (Phi) is 4.66. The van der Waals surface area contributed by atoms with Crippen LogP contribution in [-0.4, -0.2) is 22.5 Å². The maximum Gasteiger partial charge on any atom is 0.425 e. The fourth-order valence-corrected chi connectivity index (χ4v) is 4.57. The van der Waals surface area contributed by atoms with Gasteiger partial charge in [0.15, 0.2) is 11.6 Å². The first-order valence-corrected chi connectivity index (χ1v) is 10.3. The first kappa shape index (κ1) is 20.4. The molecule has 0 bridgehead atoms. The quantitative estimate of drug-likeness (QED) is 0.373. The molecule has 0 saturated carbocycles. The molecular formula is C21H13F5N4OS. The zero-order chi connectivity index (χ0) is 22.6. The molecule has 1 aliphatic rings. The number of nitrogens with zero attached hydrogens (tertiary/aromatic N) is 2.